The van der Waals surface area contributed by atoms with Crippen molar-refractivity contribution in [2.75, 3.05) is 13.3 Å². The summed E-state index contributed by atoms with van der Waals surface area (Å²) in [4.78, 5) is 0. The van der Waals surface area contributed by atoms with Gasteiger partial charge in [0.1, 0.15) is 0 Å². The second-order valence-corrected chi connectivity index (χ2v) is 16.7. The minimum absolute atomic E-state index is 0.360. The summed E-state index contributed by atoms with van der Waals surface area (Å²) < 4.78 is 2.44. The topological polar surface area (TPSA) is 4.93 Å². The normalized spacial score (nSPS) is 13.5. The van der Waals surface area contributed by atoms with Gasteiger partial charge in [-0.1, -0.05) is 208 Å². The molecule has 2 atom stereocenters. The van der Waals surface area contributed by atoms with Crippen LogP contribution in [-0.2, 0) is 0 Å². The van der Waals surface area contributed by atoms with Gasteiger partial charge < -0.3 is 4.57 Å². The van der Waals surface area contributed by atoms with Gasteiger partial charge in [0, 0.05) is 16.6 Å². The molecule has 0 saturated carbocycles. The van der Waals surface area contributed by atoms with E-state index in [1.54, 1.807) is 0 Å². The van der Waals surface area contributed by atoms with E-state index in [9.17, 15) is 0 Å². The standard InChI is InChI=1S/C34H35NP2.C7H8.C6H6.3C2H6/c1-5-6-9-15-26(2)36(3)29-20-14-21-33-31(24-29)32-25-30(37(4)28-18-12-8-13-19-28)22-23-34(32)35(33)27-16-10-7-11-17-27;1-2-4-6-7-5-3-1;1-2-4-6-5-3-1;3*1-2/h6-19,21-25H,5,20H2,1-4H3;1-6H,7H2;1-6H;3*1-2H3/b9-6-,26-15+;;;;;. The molecule has 0 spiro atoms. The molecule has 0 bridgehead atoms. The monoisotopic (exact) mass is 779 g/mol. The maximum absolute atomic E-state index is 2.51. The summed E-state index contributed by atoms with van der Waals surface area (Å²) in [5.41, 5.74) is 5.12. The van der Waals surface area contributed by atoms with E-state index in [0.717, 1.165) is 19.3 Å². The number of nitrogens with zero attached hydrogens (tertiary/aromatic N) is 1. The Labute approximate surface area is 344 Å². The van der Waals surface area contributed by atoms with Crippen LogP contribution < -0.4 is 10.6 Å². The number of hydrogen-bond donors (Lipinski definition) is 0. The maximum Gasteiger partial charge on any atom is 0.0541 e. The lowest BCUT2D eigenvalue weighted by molar-refractivity contribution is 1.11. The van der Waals surface area contributed by atoms with Crippen molar-refractivity contribution in [2.45, 2.75) is 74.7 Å². The number of hydrogen-bond acceptors (Lipinski definition) is 0. The zero-order valence-electron chi connectivity index (χ0n) is 35.9. The van der Waals surface area contributed by atoms with Crippen molar-refractivity contribution in [2.24, 2.45) is 0 Å². The molecule has 3 heteroatoms. The largest absolute Gasteiger partial charge is 0.309 e. The Hall–Kier alpha value is -4.54. The molecule has 1 aromatic heterocycles. The smallest absolute Gasteiger partial charge is 0.0541 e. The Morgan fingerprint density at radius 3 is 1.79 bits per heavy atom. The fourth-order valence-corrected chi connectivity index (χ4v) is 8.84. The van der Waals surface area contributed by atoms with E-state index in [-0.39, 0.29) is 7.92 Å². The molecule has 294 valence electrons. The predicted octanol–water partition coefficient (Wildman–Crippen LogP) is 16.3. The van der Waals surface area contributed by atoms with Gasteiger partial charge in [-0.25, -0.2) is 0 Å². The number of para-hydroxylation sites is 1. The summed E-state index contributed by atoms with van der Waals surface area (Å²) in [6.45, 7) is 21.3. The van der Waals surface area contributed by atoms with Gasteiger partial charge in [0.25, 0.3) is 0 Å². The van der Waals surface area contributed by atoms with Crippen molar-refractivity contribution in [3.8, 4) is 5.69 Å². The molecule has 2 unspecified atom stereocenters. The second kappa shape index (κ2) is 28.8. The highest BCUT2D eigenvalue weighted by Gasteiger charge is 2.21. The number of benzene rings is 4. The summed E-state index contributed by atoms with van der Waals surface area (Å²) in [6, 6.07) is 40.9. The molecule has 5 aromatic rings. The van der Waals surface area contributed by atoms with Crippen LogP contribution in [0.4, 0.5) is 0 Å². The minimum Gasteiger partial charge on any atom is -0.309 e. The van der Waals surface area contributed by atoms with Gasteiger partial charge in [-0.3, -0.25) is 0 Å². The van der Waals surface area contributed by atoms with Gasteiger partial charge in [-0.05, 0) is 105 Å². The van der Waals surface area contributed by atoms with E-state index in [0.29, 0.717) is 0 Å². The van der Waals surface area contributed by atoms with Gasteiger partial charge in [0.05, 0.1) is 11.2 Å². The number of fused-ring (bicyclic) bond motifs is 3. The molecule has 0 N–H and O–H groups in total. The van der Waals surface area contributed by atoms with Crippen molar-refractivity contribution >= 4 is 49.5 Å². The third-order valence-electron chi connectivity index (χ3n) is 8.70. The molecule has 0 radical (unpaired) electrons. The van der Waals surface area contributed by atoms with E-state index in [1.165, 1.54) is 49.1 Å². The van der Waals surface area contributed by atoms with Crippen LogP contribution in [0.15, 0.2) is 187 Å². The minimum atomic E-state index is -0.412. The van der Waals surface area contributed by atoms with Crippen LogP contribution in [0, 0.1) is 0 Å². The third kappa shape index (κ3) is 14.8. The summed E-state index contributed by atoms with van der Waals surface area (Å²) in [6.07, 6.45) is 29.5. The number of aromatic nitrogens is 1. The molecule has 0 saturated heterocycles. The zero-order valence-corrected chi connectivity index (χ0v) is 37.6. The molecule has 1 heterocycles. The summed E-state index contributed by atoms with van der Waals surface area (Å²) in [5.74, 6) is 0. The molecule has 4 aromatic carbocycles. The number of rotatable bonds is 7. The van der Waals surface area contributed by atoms with Crippen molar-refractivity contribution in [3.63, 3.8) is 0 Å². The second-order valence-electron chi connectivity index (χ2n) is 12.1. The fourth-order valence-electron chi connectivity index (χ4n) is 5.84. The maximum atomic E-state index is 2.51. The summed E-state index contributed by atoms with van der Waals surface area (Å²) >= 11 is 0. The Bertz CT molecular complexity index is 1970. The van der Waals surface area contributed by atoms with Crippen LogP contribution in [0.5, 0.6) is 0 Å². The van der Waals surface area contributed by atoms with Crippen LogP contribution in [0.2, 0.25) is 0 Å². The Morgan fingerprint density at radius 1 is 0.661 bits per heavy atom. The van der Waals surface area contributed by atoms with Gasteiger partial charge in [-0.2, -0.15) is 0 Å². The molecule has 0 fully saturated rings. The first-order chi connectivity index (χ1) is 27.6. The molecular weight excluding hydrogens is 713 g/mol. The van der Waals surface area contributed by atoms with Gasteiger partial charge >= 0.3 is 0 Å². The van der Waals surface area contributed by atoms with Gasteiger partial charge in [-0.15, -0.1) is 0 Å². The van der Waals surface area contributed by atoms with Crippen LogP contribution in [0.3, 0.4) is 0 Å². The zero-order chi connectivity index (χ0) is 41.0. The molecule has 7 rings (SSSR count). The summed E-state index contributed by atoms with van der Waals surface area (Å²) in [5, 5.41) is 7.19. The van der Waals surface area contributed by atoms with Crippen molar-refractivity contribution in [1.29, 1.82) is 0 Å². The Kier molecular flexibility index (Phi) is 24.5. The highest BCUT2D eigenvalue weighted by Crippen LogP contribution is 2.52. The molecular formula is C53H67NP2. The first-order valence-electron chi connectivity index (χ1n) is 20.5. The average molecular weight is 780 g/mol. The first kappa shape index (κ1) is 47.6. The quantitative estimate of drug-likeness (QED) is 0.115. The first-order valence-corrected chi connectivity index (χ1v) is 24.1. The highest BCUT2D eigenvalue weighted by atomic mass is 31.1. The van der Waals surface area contributed by atoms with Gasteiger partial charge in [0.2, 0.25) is 0 Å². The van der Waals surface area contributed by atoms with Crippen LogP contribution in [-0.4, -0.2) is 17.9 Å². The van der Waals surface area contributed by atoms with Crippen LogP contribution >= 0.6 is 15.8 Å². The van der Waals surface area contributed by atoms with E-state index in [4.69, 9.17) is 0 Å². The lowest BCUT2D eigenvalue weighted by atomic mass is 10.1. The highest BCUT2D eigenvalue weighted by molar-refractivity contribution is 7.72. The molecule has 0 aliphatic heterocycles. The molecule has 0 amide bonds. The molecule has 56 heavy (non-hydrogen) atoms. The predicted molar refractivity (Wildman–Crippen MR) is 262 cm³/mol. The molecule has 2 aliphatic carbocycles. The Balaban J connectivity index is 0.000000470. The van der Waals surface area contributed by atoms with Gasteiger partial charge in [0.15, 0.2) is 0 Å². The SMILES string of the molecule is C1=CC=CCC=C1.CC.CC.CC.CC/C=C\C=C(/C)P(C)C1=Cc2c(n(-c3ccccc3)c3ccc(P(C)c4ccccc4)cc23)C=CC1.c1ccccc1. The third-order valence-corrected chi connectivity index (χ3v) is 13.2. The van der Waals surface area contributed by atoms with E-state index >= 15 is 0 Å². The number of allylic oxidation sites excluding steroid dienone is 12. The van der Waals surface area contributed by atoms with Crippen molar-refractivity contribution < 1.29 is 0 Å². The fraction of sp³-hybridized carbons (Fsp3) is 0.245. The van der Waals surface area contributed by atoms with E-state index in [1.807, 2.05) is 90.1 Å². The van der Waals surface area contributed by atoms with Crippen LogP contribution in [0.1, 0.15) is 85.9 Å². The van der Waals surface area contributed by atoms with E-state index in [2.05, 4.69) is 171 Å². The van der Waals surface area contributed by atoms with E-state index < -0.39 is 7.92 Å². The average Bonchev–Trinajstić information content (AvgIpc) is 3.54. The lowest BCUT2D eigenvalue weighted by Crippen LogP contribution is -2.10. The van der Waals surface area contributed by atoms with Crippen LogP contribution in [0.25, 0.3) is 28.7 Å². The van der Waals surface area contributed by atoms with Crippen molar-refractivity contribution in [3.05, 3.63) is 198 Å². The lowest BCUT2D eigenvalue weighted by Gasteiger charge is -2.16. The summed E-state index contributed by atoms with van der Waals surface area (Å²) in [7, 11) is -0.772. The molecule has 2 aliphatic rings. The molecule has 1 nitrogen and oxygen atoms in total. The van der Waals surface area contributed by atoms with Crippen molar-refractivity contribution in [1.82, 2.24) is 4.57 Å². The Morgan fingerprint density at radius 2 is 1.21 bits per heavy atom.